The summed E-state index contributed by atoms with van der Waals surface area (Å²) < 4.78 is 16.7. The summed E-state index contributed by atoms with van der Waals surface area (Å²) in [5, 5.41) is 2.94. The summed E-state index contributed by atoms with van der Waals surface area (Å²) in [6, 6.07) is 9.61. The number of nitrogens with one attached hydrogen (secondary N) is 1. The summed E-state index contributed by atoms with van der Waals surface area (Å²) in [5.74, 6) is -2.50. The SMILES string of the molecule is CCOC(=O)c1sc(NC(=O)Cn2cnc3sc(C(=O)OCCc4ccccc4)c(C)c3c2=O)c(C(=O)OCC)c1C. The molecule has 0 unspecified atom stereocenters. The van der Waals surface area contributed by atoms with Gasteiger partial charge in [-0.15, -0.1) is 22.7 Å². The van der Waals surface area contributed by atoms with Crippen LogP contribution < -0.4 is 10.9 Å². The number of amides is 1. The maximum Gasteiger partial charge on any atom is 0.348 e. The van der Waals surface area contributed by atoms with Gasteiger partial charge in [-0.3, -0.25) is 14.2 Å². The van der Waals surface area contributed by atoms with E-state index in [4.69, 9.17) is 14.2 Å². The van der Waals surface area contributed by atoms with Crippen molar-refractivity contribution in [3.8, 4) is 0 Å². The molecule has 220 valence electrons. The van der Waals surface area contributed by atoms with E-state index in [0.29, 0.717) is 22.4 Å². The molecule has 0 bridgehead atoms. The Morgan fingerprint density at radius 3 is 2.21 bits per heavy atom. The van der Waals surface area contributed by atoms with E-state index in [2.05, 4.69) is 10.3 Å². The molecule has 42 heavy (non-hydrogen) atoms. The van der Waals surface area contributed by atoms with E-state index < -0.39 is 35.9 Å². The molecular weight excluding hydrogens is 582 g/mol. The molecule has 1 aromatic carbocycles. The van der Waals surface area contributed by atoms with E-state index in [1.165, 1.54) is 6.33 Å². The highest BCUT2D eigenvalue weighted by Gasteiger charge is 2.28. The molecule has 0 fully saturated rings. The number of nitrogens with zero attached hydrogens (tertiary/aromatic N) is 2. The molecule has 0 radical (unpaired) electrons. The Kier molecular flexibility index (Phi) is 9.86. The van der Waals surface area contributed by atoms with E-state index in [1.807, 2.05) is 30.3 Å². The zero-order chi connectivity index (χ0) is 30.4. The third kappa shape index (κ3) is 6.58. The Morgan fingerprint density at radius 2 is 1.52 bits per heavy atom. The highest BCUT2D eigenvalue weighted by Crippen LogP contribution is 2.34. The number of anilines is 1. The second-order valence-electron chi connectivity index (χ2n) is 9.03. The fraction of sp³-hybridized carbons (Fsp3) is 0.310. The van der Waals surface area contributed by atoms with Crippen LogP contribution in [0.2, 0.25) is 0 Å². The monoisotopic (exact) mass is 611 g/mol. The Labute approximate surface area is 249 Å². The molecule has 1 N–H and O–H groups in total. The molecule has 4 aromatic rings. The predicted octanol–water partition coefficient (Wildman–Crippen LogP) is 4.53. The van der Waals surface area contributed by atoms with Gasteiger partial charge in [0.2, 0.25) is 5.91 Å². The van der Waals surface area contributed by atoms with Crippen molar-refractivity contribution in [1.82, 2.24) is 9.55 Å². The van der Waals surface area contributed by atoms with Crippen molar-refractivity contribution in [3.63, 3.8) is 0 Å². The number of thiophene rings is 2. The van der Waals surface area contributed by atoms with Crippen LogP contribution in [0.3, 0.4) is 0 Å². The second kappa shape index (κ2) is 13.5. The minimum Gasteiger partial charge on any atom is -0.462 e. The Bertz CT molecular complexity index is 1710. The normalized spacial score (nSPS) is 10.9. The minimum absolute atomic E-state index is 0.0447. The molecule has 0 spiro atoms. The van der Waals surface area contributed by atoms with Crippen LogP contribution in [0, 0.1) is 13.8 Å². The summed E-state index contributed by atoms with van der Waals surface area (Å²) in [5.41, 5.74) is 1.31. The van der Waals surface area contributed by atoms with Gasteiger partial charge in [0.25, 0.3) is 5.56 Å². The number of carbonyl (C=O) groups excluding carboxylic acids is 4. The first-order valence-electron chi connectivity index (χ1n) is 13.1. The number of carbonyl (C=O) groups is 4. The van der Waals surface area contributed by atoms with Crippen LogP contribution in [-0.4, -0.2) is 53.2 Å². The Hall–Kier alpha value is -4.36. The number of esters is 3. The summed E-state index contributed by atoms with van der Waals surface area (Å²) in [6.07, 6.45) is 1.78. The number of fused-ring (bicyclic) bond motifs is 1. The molecule has 3 aromatic heterocycles. The molecule has 0 atom stereocenters. The lowest BCUT2D eigenvalue weighted by molar-refractivity contribution is -0.116. The average Bonchev–Trinajstić information content (AvgIpc) is 3.47. The van der Waals surface area contributed by atoms with Crippen LogP contribution in [0.5, 0.6) is 0 Å². The molecule has 13 heteroatoms. The topological polar surface area (TPSA) is 143 Å². The van der Waals surface area contributed by atoms with E-state index in [1.54, 1.807) is 27.7 Å². The van der Waals surface area contributed by atoms with Gasteiger partial charge in [-0.1, -0.05) is 30.3 Å². The van der Waals surface area contributed by atoms with Gasteiger partial charge < -0.3 is 19.5 Å². The van der Waals surface area contributed by atoms with Crippen LogP contribution in [-0.2, 0) is 32.0 Å². The number of hydrogen-bond acceptors (Lipinski definition) is 11. The van der Waals surface area contributed by atoms with E-state index in [9.17, 15) is 24.0 Å². The third-order valence-electron chi connectivity index (χ3n) is 6.22. The zero-order valence-electron chi connectivity index (χ0n) is 23.5. The molecule has 4 rings (SSSR count). The molecule has 3 heterocycles. The quantitative estimate of drug-likeness (QED) is 0.191. The fourth-order valence-electron chi connectivity index (χ4n) is 4.20. The van der Waals surface area contributed by atoms with Crippen molar-refractivity contribution in [2.45, 2.75) is 40.7 Å². The number of ether oxygens (including phenoxy) is 3. The largest absolute Gasteiger partial charge is 0.462 e. The highest BCUT2D eigenvalue weighted by molar-refractivity contribution is 7.20. The lowest BCUT2D eigenvalue weighted by atomic mass is 10.1. The van der Waals surface area contributed by atoms with Gasteiger partial charge in [-0.25, -0.2) is 19.4 Å². The maximum atomic E-state index is 13.3. The first kappa shape index (κ1) is 30.6. The zero-order valence-corrected chi connectivity index (χ0v) is 25.1. The van der Waals surface area contributed by atoms with Crippen LogP contribution in [0.25, 0.3) is 10.2 Å². The molecule has 0 saturated carbocycles. The summed E-state index contributed by atoms with van der Waals surface area (Å²) in [7, 11) is 0. The fourth-order valence-corrected chi connectivity index (χ4v) is 6.34. The number of benzene rings is 1. The lowest BCUT2D eigenvalue weighted by Crippen LogP contribution is -2.28. The highest BCUT2D eigenvalue weighted by atomic mass is 32.1. The van der Waals surface area contributed by atoms with E-state index in [-0.39, 0.29) is 45.5 Å². The van der Waals surface area contributed by atoms with Crippen molar-refractivity contribution >= 4 is 61.7 Å². The number of hydrogen-bond donors (Lipinski definition) is 1. The summed E-state index contributed by atoms with van der Waals surface area (Å²) in [4.78, 5) is 69.2. The smallest absolute Gasteiger partial charge is 0.348 e. The minimum atomic E-state index is -0.700. The van der Waals surface area contributed by atoms with Gasteiger partial charge in [0.1, 0.15) is 26.1 Å². The van der Waals surface area contributed by atoms with Crippen molar-refractivity contribution < 1.29 is 33.4 Å². The first-order chi connectivity index (χ1) is 20.2. The van der Waals surface area contributed by atoms with Gasteiger partial charge in [-0.2, -0.15) is 0 Å². The van der Waals surface area contributed by atoms with E-state index >= 15 is 0 Å². The predicted molar refractivity (Wildman–Crippen MR) is 159 cm³/mol. The molecule has 11 nitrogen and oxygen atoms in total. The Balaban J connectivity index is 1.53. The van der Waals surface area contributed by atoms with Crippen molar-refractivity contribution in [2.75, 3.05) is 25.1 Å². The average molecular weight is 612 g/mol. The maximum absolute atomic E-state index is 13.3. The molecule has 1 amide bonds. The van der Waals surface area contributed by atoms with Crippen LogP contribution in [0.15, 0.2) is 41.5 Å². The lowest BCUT2D eigenvalue weighted by Gasteiger charge is -2.08. The summed E-state index contributed by atoms with van der Waals surface area (Å²) in [6.45, 7) is 6.49. The van der Waals surface area contributed by atoms with Gasteiger partial charge >= 0.3 is 17.9 Å². The van der Waals surface area contributed by atoms with E-state index in [0.717, 1.165) is 32.8 Å². The van der Waals surface area contributed by atoms with Gasteiger partial charge in [-0.05, 0) is 44.4 Å². The number of rotatable bonds is 11. The van der Waals surface area contributed by atoms with Crippen LogP contribution in [0.4, 0.5) is 5.00 Å². The molecule has 0 aliphatic carbocycles. The van der Waals surface area contributed by atoms with Gasteiger partial charge in [0, 0.05) is 6.42 Å². The third-order valence-corrected chi connectivity index (χ3v) is 8.59. The van der Waals surface area contributed by atoms with Gasteiger partial charge in [0.05, 0.1) is 37.1 Å². The molecule has 0 aliphatic rings. The molecule has 0 saturated heterocycles. The van der Waals surface area contributed by atoms with Gasteiger partial charge in [0.15, 0.2) is 0 Å². The molecular formula is C29H29N3O8S2. The second-order valence-corrected chi connectivity index (χ2v) is 11.1. The standard InChI is InChI=1S/C29H29N3O8S2/c1-5-38-27(35)21-17(4)23(28(36)39-6-2)42-25(21)31-19(33)14-32-15-30-24-20(26(32)34)16(3)22(41-24)29(37)40-13-12-18-10-8-7-9-11-18/h7-11,15H,5-6,12-14H2,1-4H3,(H,31,33). The van der Waals surface area contributed by atoms with Crippen molar-refractivity contribution in [3.05, 3.63) is 79.0 Å². The van der Waals surface area contributed by atoms with Crippen molar-refractivity contribution in [2.24, 2.45) is 0 Å². The number of aryl methyl sites for hydroxylation is 1. The number of aromatic nitrogens is 2. The Morgan fingerprint density at radius 1 is 0.881 bits per heavy atom. The van der Waals surface area contributed by atoms with Crippen LogP contribution in [0.1, 0.15) is 60.2 Å². The van der Waals surface area contributed by atoms with Crippen molar-refractivity contribution in [1.29, 1.82) is 0 Å². The first-order valence-corrected chi connectivity index (χ1v) is 14.8. The summed E-state index contributed by atoms with van der Waals surface area (Å²) >= 11 is 1.94. The van der Waals surface area contributed by atoms with Crippen LogP contribution >= 0.6 is 22.7 Å². The molecule has 0 aliphatic heterocycles.